The van der Waals surface area contributed by atoms with Crippen molar-refractivity contribution in [1.82, 2.24) is 0 Å². The molecule has 0 rings (SSSR count). The molecule has 0 aliphatic rings. The zero-order chi connectivity index (χ0) is 12.6. The van der Waals surface area contributed by atoms with Crippen LogP contribution in [0.1, 0.15) is 6.92 Å². The van der Waals surface area contributed by atoms with Gasteiger partial charge in [-0.2, -0.15) is 0 Å². The summed E-state index contributed by atoms with van der Waals surface area (Å²) in [5.74, 6) is -1.33. The lowest BCUT2D eigenvalue weighted by Crippen LogP contribution is -2.42. The van der Waals surface area contributed by atoms with Crippen LogP contribution in [0.3, 0.4) is 0 Å². The number of hydrogen-bond acceptors (Lipinski definition) is 7. The third-order valence-electron chi connectivity index (χ3n) is 1.04. The zero-order valence-electron chi connectivity index (χ0n) is 7.47. The molecule has 0 bridgehead atoms. The molecule has 0 aromatic heterocycles. The predicted molar refractivity (Wildman–Crippen MR) is 41.9 cm³/mol. The van der Waals surface area contributed by atoms with Crippen LogP contribution in [-0.2, 0) is 9.63 Å². The summed E-state index contributed by atoms with van der Waals surface area (Å²) in [4.78, 5) is 32.0. The Morgan fingerprint density at radius 3 is 2.00 bits per heavy atom. The van der Waals surface area contributed by atoms with Crippen molar-refractivity contribution < 1.29 is 30.1 Å². The maximum Gasteiger partial charge on any atom is 0.322 e. The van der Waals surface area contributed by atoms with Crippen LogP contribution >= 0.6 is 0 Å². The van der Waals surface area contributed by atoms with Crippen LogP contribution < -0.4 is 5.73 Å². The van der Waals surface area contributed by atoms with Gasteiger partial charge in [-0.05, 0) is 6.92 Å². The fraction of sp³-hybridized carbons (Fsp3) is 0.750. The summed E-state index contributed by atoms with van der Waals surface area (Å²) < 4.78 is 0. The van der Waals surface area contributed by atoms with E-state index in [4.69, 9.17) is 26.2 Å². The monoisotopic (exact) mass is 227 g/mol. The van der Waals surface area contributed by atoms with E-state index in [1.54, 1.807) is 0 Å². The summed E-state index contributed by atoms with van der Waals surface area (Å²) in [5, 5.41) is 30.5. The molecular formula is C4H9N3O8. The average molecular weight is 227 g/mol. The first-order valence-electron chi connectivity index (χ1n) is 3.31. The maximum absolute atomic E-state index is 10.1. The smallest absolute Gasteiger partial charge is 0.322 e. The molecule has 4 N–H and O–H groups in total. The topological polar surface area (TPSA) is 179 Å². The van der Waals surface area contributed by atoms with E-state index in [-0.39, 0.29) is 0 Å². The Hall–Kier alpha value is -2.17. The molecule has 0 heterocycles. The van der Waals surface area contributed by atoms with Gasteiger partial charge >= 0.3 is 5.97 Å². The van der Waals surface area contributed by atoms with Gasteiger partial charge in [0.25, 0.3) is 10.2 Å². The van der Waals surface area contributed by atoms with Gasteiger partial charge in [0.1, 0.15) is 12.1 Å². The van der Waals surface area contributed by atoms with Crippen molar-refractivity contribution in [3.63, 3.8) is 0 Å². The molecule has 0 aliphatic carbocycles. The number of aliphatic carboxylic acids is 1. The second-order valence-corrected chi connectivity index (χ2v) is 2.14. The molecule has 0 radical (unpaired) electrons. The van der Waals surface area contributed by atoms with E-state index in [2.05, 4.69) is 4.84 Å². The van der Waals surface area contributed by atoms with Gasteiger partial charge in [0.15, 0.2) is 0 Å². The largest absolute Gasteiger partial charge is 0.480 e. The summed E-state index contributed by atoms with van der Waals surface area (Å²) in [6.45, 7) is 1.21. The first-order valence-corrected chi connectivity index (χ1v) is 3.31. The number of carboxylic acids is 1. The number of rotatable bonds is 4. The Labute approximate surface area is 82.3 Å². The van der Waals surface area contributed by atoms with Gasteiger partial charge in [-0.15, -0.1) is 20.2 Å². The molecule has 0 fully saturated rings. The van der Waals surface area contributed by atoms with Crippen LogP contribution in [-0.4, -0.2) is 38.6 Å². The Morgan fingerprint density at radius 1 is 1.47 bits per heavy atom. The zero-order valence-corrected chi connectivity index (χ0v) is 7.47. The second-order valence-electron chi connectivity index (χ2n) is 2.14. The number of nitrogens with zero attached hydrogens (tertiary/aromatic N) is 2. The van der Waals surface area contributed by atoms with Crippen LogP contribution in [0.15, 0.2) is 0 Å². The first-order chi connectivity index (χ1) is 6.68. The number of nitrogens with two attached hydrogens (primary N) is 1. The maximum atomic E-state index is 10.1. The Balaban J connectivity index is 0. The van der Waals surface area contributed by atoms with E-state index >= 15 is 0 Å². The minimum absolute atomic E-state index is 1.08. The predicted octanol–water partition coefficient (Wildman–Crippen LogP) is -1.35. The molecule has 0 aromatic rings. The SMILES string of the molecule is CC(O[N+](=O)[O-])C(N)C(=O)O.O=[N+]([O-])O. The molecule has 0 spiro atoms. The van der Waals surface area contributed by atoms with Crippen molar-refractivity contribution in [2.24, 2.45) is 5.73 Å². The van der Waals surface area contributed by atoms with Crippen molar-refractivity contribution in [3.8, 4) is 0 Å². The van der Waals surface area contributed by atoms with E-state index < -0.39 is 28.3 Å². The van der Waals surface area contributed by atoms with Gasteiger partial charge in [0.05, 0.1) is 0 Å². The quantitative estimate of drug-likeness (QED) is 0.386. The fourth-order valence-corrected chi connectivity index (χ4v) is 0.402. The van der Waals surface area contributed by atoms with Crippen LogP contribution in [0, 0.1) is 20.2 Å². The molecule has 11 nitrogen and oxygen atoms in total. The Morgan fingerprint density at radius 2 is 1.80 bits per heavy atom. The molecule has 88 valence electrons. The molecule has 0 saturated heterocycles. The van der Waals surface area contributed by atoms with Crippen molar-refractivity contribution in [2.75, 3.05) is 0 Å². The second kappa shape index (κ2) is 7.25. The standard InChI is InChI=1S/C4H8N2O5.HNO3/c1-2(11-6(9)10)3(5)4(7)8;2-1(3)4/h2-3H,5H2,1H3,(H,7,8);(H,2,3,4). The molecule has 0 saturated carbocycles. The van der Waals surface area contributed by atoms with Gasteiger partial charge in [-0.1, -0.05) is 0 Å². The van der Waals surface area contributed by atoms with Gasteiger partial charge in [-0.25, -0.2) is 0 Å². The lowest BCUT2D eigenvalue weighted by molar-refractivity contribution is -0.767. The summed E-state index contributed by atoms with van der Waals surface area (Å²) in [7, 11) is 0. The minimum atomic E-state index is -1.50. The van der Waals surface area contributed by atoms with Gasteiger partial charge in [0, 0.05) is 0 Å². The highest BCUT2D eigenvalue weighted by atomic mass is 17.0. The summed E-state index contributed by atoms with van der Waals surface area (Å²) in [6, 6.07) is -1.37. The number of hydrogen-bond donors (Lipinski definition) is 3. The Kier molecular flexibility index (Phi) is 7.40. The Bertz CT molecular complexity index is 238. The number of carboxylic acid groups (broad SMARTS) is 1. The van der Waals surface area contributed by atoms with Crippen LogP contribution in [0.25, 0.3) is 0 Å². The molecule has 2 unspecified atom stereocenters. The molecule has 15 heavy (non-hydrogen) atoms. The molecule has 11 heteroatoms. The highest BCUT2D eigenvalue weighted by Gasteiger charge is 2.22. The van der Waals surface area contributed by atoms with Crippen LogP contribution in [0.4, 0.5) is 0 Å². The molecular weight excluding hydrogens is 218 g/mol. The molecule has 0 aliphatic heterocycles. The third kappa shape index (κ3) is 11.8. The van der Waals surface area contributed by atoms with Crippen molar-refractivity contribution in [2.45, 2.75) is 19.1 Å². The average Bonchev–Trinajstić information content (AvgIpc) is 2.00. The van der Waals surface area contributed by atoms with E-state index in [1.165, 1.54) is 6.92 Å². The van der Waals surface area contributed by atoms with Crippen molar-refractivity contribution in [3.05, 3.63) is 20.2 Å². The summed E-state index contributed by atoms with van der Waals surface area (Å²) >= 11 is 0. The highest BCUT2D eigenvalue weighted by Crippen LogP contribution is 1.95. The van der Waals surface area contributed by atoms with Gasteiger partial charge in [0.2, 0.25) is 0 Å². The normalized spacial score (nSPS) is 12.7. The molecule has 0 amide bonds. The lowest BCUT2D eigenvalue weighted by Gasteiger charge is -2.12. The highest BCUT2D eigenvalue weighted by molar-refractivity contribution is 5.73. The molecule has 2 atom stereocenters. The van der Waals surface area contributed by atoms with E-state index in [0.29, 0.717) is 0 Å². The van der Waals surface area contributed by atoms with Crippen LogP contribution in [0.5, 0.6) is 0 Å². The molecule has 0 aromatic carbocycles. The van der Waals surface area contributed by atoms with E-state index in [9.17, 15) is 14.9 Å². The minimum Gasteiger partial charge on any atom is -0.480 e. The lowest BCUT2D eigenvalue weighted by atomic mass is 10.2. The summed E-state index contributed by atoms with van der Waals surface area (Å²) in [5.41, 5.74) is 4.98. The van der Waals surface area contributed by atoms with E-state index in [0.717, 1.165) is 0 Å². The number of carbonyl (C=O) groups is 1. The van der Waals surface area contributed by atoms with Gasteiger partial charge in [-0.3, -0.25) is 4.79 Å². The summed E-state index contributed by atoms with van der Waals surface area (Å²) in [6.07, 6.45) is -1.14. The fourth-order valence-electron chi connectivity index (χ4n) is 0.402. The van der Waals surface area contributed by atoms with E-state index in [1.807, 2.05) is 0 Å². The van der Waals surface area contributed by atoms with Gasteiger partial charge < -0.3 is 20.9 Å². The third-order valence-corrected chi connectivity index (χ3v) is 1.04. The van der Waals surface area contributed by atoms with Crippen molar-refractivity contribution >= 4 is 5.97 Å². The van der Waals surface area contributed by atoms with Crippen LogP contribution in [0.2, 0.25) is 0 Å². The van der Waals surface area contributed by atoms with Crippen molar-refractivity contribution in [1.29, 1.82) is 0 Å². The first kappa shape index (κ1) is 15.3.